The van der Waals surface area contributed by atoms with Crippen molar-refractivity contribution in [3.63, 3.8) is 0 Å². The number of carbonyl (C=O) groups is 2. The van der Waals surface area contributed by atoms with E-state index in [2.05, 4.69) is 19.7 Å². The fourth-order valence-corrected chi connectivity index (χ4v) is 7.33. The number of ketones is 1. The number of benzene rings is 2. The third-order valence-electron chi connectivity index (χ3n) is 8.16. The predicted molar refractivity (Wildman–Crippen MR) is 167 cm³/mol. The molecule has 2 aromatic carbocycles. The minimum absolute atomic E-state index is 0.138. The Labute approximate surface area is 269 Å². The second kappa shape index (κ2) is 12.6. The first kappa shape index (κ1) is 30.6. The molecule has 2 unspecified atom stereocenters. The normalized spacial score (nSPS) is 18.4. The molecule has 47 heavy (non-hydrogen) atoms. The SMILES string of the molecule is [2H]c1nc(N2CC3CCCC(C2)N3C(=O)/C=C/C(C)=O)c2cc(-c3cnc(OC)c(NS(=O)(=O)c4c(F)cc(F)cc4F)c3)ccc2n1. The molecule has 0 spiro atoms. The van der Waals surface area contributed by atoms with E-state index in [0.717, 1.165) is 19.3 Å². The van der Waals surface area contributed by atoms with Crippen molar-refractivity contribution in [3.8, 4) is 17.0 Å². The van der Waals surface area contributed by atoms with Crippen molar-refractivity contribution in [1.29, 1.82) is 0 Å². The molecule has 2 aliphatic heterocycles. The Hall–Kier alpha value is -5.05. The lowest BCUT2D eigenvalue weighted by Crippen LogP contribution is -2.62. The van der Waals surface area contributed by atoms with Crippen LogP contribution in [0.25, 0.3) is 22.0 Å². The lowest BCUT2D eigenvalue weighted by molar-refractivity contribution is -0.133. The summed E-state index contributed by atoms with van der Waals surface area (Å²) in [5.41, 5.74) is 1.18. The number of hydrogen-bond acceptors (Lipinski definition) is 9. The topological polar surface area (TPSA) is 135 Å². The molecule has 4 heterocycles. The number of pyridine rings is 1. The number of carbonyl (C=O) groups excluding carboxylic acids is 2. The molecule has 6 rings (SSSR count). The van der Waals surface area contributed by atoms with Gasteiger partial charge in [0.2, 0.25) is 11.8 Å². The summed E-state index contributed by atoms with van der Waals surface area (Å²) in [5, 5.41) is 0.589. The fraction of sp³-hybridized carbons (Fsp3) is 0.281. The Bertz CT molecular complexity index is 2060. The second-order valence-electron chi connectivity index (χ2n) is 11.3. The predicted octanol–water partition coefficient (Wildman–Crippen LogP) is 4.63. The molecule has 0 saturated carbocycles. The molecule has 2 atom stereocenters. The average molecular weight is 668 g/mol. The average Bonchev–Trinajstić information content (AvgIpc) is 3.01. The van der Waals surface area contributed by atoms with Crippen molar-refractivity contribution in [2.24, 2.45) is 0 Å². The lowest BCUT2D eigenvalue weighted by atomic mass is 9.90. The number of allylic oxidation sites excluding steroid dienone is 1. The number of anilines is 2. The highest BCUT2D eigenvalue weighted by atomic mass is 32.2. The van der Waals surface area contributed by atoms with Crippen molar-refractivity contribution >= 4 is 44.1 Å². The summed E-state index contributed by atoms with van der Waals surface area (Å²) in [7, 11) is -3.66. The highest BCUT2D eigenvalue weighted by molar-refractivity contribution is 7.92. The van der Waals surface area contributed by atoms with Crippen LogP contribution in [-0.2, 0) is 19.6 Å². The number of methoxy groups -OCH3 is 1. The summed E-state index contributed by atoms with van der Waals surface area (Å²) in [5.74, 6) is -4.64. The summed E-state index contributed by atoms with van der Waals surface area (Å²) in [6.45, 7) is 2.27. The number of fused-ring (bicyclic) bond motifs is 3. The van der Waals surface area contributed by atoms with Crippen molar-refractivity contribution in [1.82, 2.24) is 19.9 Å². The van der Waals surface area contributed by atoms with Gasteiger partial charge in [-0.2, -0.15) is 0 Å². The standard InChI is InChI=1S/C32H29F3N6O5S/c1-18(42)6-9-29(43)41-22-4-3-5-23(41)16-40(15-22)31-24-10-19(7-8-27(24)37-17-38-31)20-11-28(32(46-2)36-14-20)39-47(44,45)30-25(34)12-21(33)13-26(30)35/h6-14,17,22-23,39H,3-5,15-16H2,1-2H3/b9-6+/i17D. The third-order valence-corrected chi connectivity index (χ3v) is 9.57. The third kappa shape index (κ3) is 6.35. The number of nitrogens with one attached hydrogen (secondary N) is 1. The molecule has 1 N–H and O–H groups in total. The van der Waals surface area contributed by atoms with Gasteiger partial charge in [-0.05, 0) is 56.0 Å². The van der Waals surface area contributed by atoms with Crippen LogP contribution in [0.4, 0.5) is 24.7 Å². The fourth-order valence-electron chi connectivity index (χ4n) is 6.16. The van der Waals surface area contributed by atoms with E-state index >= 15 is 0 Å². The van der Waals surface area contributed by atoms with Crippen LogP contribution in [0.15, 0.2) is 65.9 Å². The monoisotopic (exact) mass is 667 g/mol. The van der Waals surface area contributed by atoms with Gasteiger partial charge >= 0.3 is 0 Å². The molecule has 0 aliphatic carbocycles. The Morgan fingerprint density at radius 2 is 1.70 bits per heavy atom. The van der Waals surface area contributed by atoms with Gasteiger partial charge in [0, 0.05) is 60.5 Å². The molecule has 2 bridgehead atoms. The minimum atomic E-state index is -4.89. The molecule has 2 aliphatic rings. The van der Waals surface area contributed by atoms with Gasteiger partial charge in [0.05, 0.1) is 12.6 Å². The molecule has 2 aromatic heterocycles. The quantitative estimate of drug-likeness (QED) is 0.267. The molecule has 4 aromatic rings. The second-order valence-corrected chi connectivity index (χ2v) is 12.9. The zero-order valence-corrected chi connectivity index (χ0v) is 26.0. The Morgan fingerprint density at radius 3 is 2.36 bits per heavy atom. The van der Waals surface area contributed by atoms with Crippen LogP contribution in [0.1, 0.15) is 27.6 Å². The van der Waals surface area contributed by atoms with Gasteiger partial charge in [-0.15, -0.1) is 0 Å². The van der Waals surface area contributed by atoms with E-state index in [-0.39, 0.29) is 53.8 Å². The highest BCUT2D eigenvalue weighted by Gasteiger charge is 2.40. The number of ether oxygens (including phenoxy) is 1. The Kier molecular flexibility index (Phi) is 8.22. The van der Waals surface area contributed by atoms with Crippen LogP contribution in [0, 0.1) is 17.5 Å². The number of rotatable bonds is 8. The molecular weight excluding hydrogens is 637 g/mol. The van der Waals surface area contributed by atoms with Crippen molar-refractivity contribution in [3.05, 3.63) is 78.5 Å². The first-order valence-corrected chi connectivity index (χ1v) is 16.1. The van der Waals surface area contributed by atoms with Crippen LogP contribution in [0.3, 0.4) is 0 Å². The molecule has 1 amide bonds. The molecular formula is C32H29F3N6O5S. The zero-order chi connectivity index (χ0) is 34.3. The molecule has 244 valence electrons. The first-order valence-electron chi connectivity index (χ1n) is 15.1. The number of aromatic nitrogens is 3. The molecule has 15 heteroatoms. The van der Waals surface area contributed by atoms with Crippen LogP contribution >= 0.6 is 0 Å². The van der Waals surface area contributed by atoms with E-state index in [1.54, 1.807) is 18.2 Å². The van der Waals surface area contributed by atoms with Crippen LogP contribution < -0.4 is 14.4 Å². The van der Waals surface area contributed by atoms with Crippen molar-refractivity contribution < 1.29 is 37.3 Å². The Morgan fingerprint density at radius 1 is 1.00 bits per heavy atom. The Balaban J connectivity index is 1.35. The van der Waals surface area contributed by atoms with Crippen molar-refractivity contribution in [2.45, 2.75) is 43.2 Å². The van der Waals surface area contributed by atoms with Gasteiger partial charge < -0.3 is 14.5 Å². The molecule has 2 fully saturated rings. The minimum Gasteiger partial charge on any atom is -0.480 e. The maximum Gasteiger partial charge on any atom is 0.267 e. The summed E-state index contributed by atoms with van der Waals surface area (Å²) in [6, 6.07) is 6.74. The highest BCUT2D eigenvalue weighted by Crippen LogP contribution is 2.36. The number of hydrogen-bond donors (Lipinski definition) is 1. The largest absolute Gasteiger partial charge is 0.480 e. The number of halogens is 3. The van der Waals surface area contributed by atoms with Crippen molar-refractivity contribution in [2.75, 3.05) is 29.8 Å². The van der Waals surface area contributed by atoms with Gasteiger partial charge in [-0.25, -0.2) is 36.5 Å². The van der Waals surface area contributed by atoms with E-state index < -0.39 is 32.4 Å². The van der Waals surface area contributed by atoms with Crippen LogP contribution in [0.2, 0.25) is 0 Å². The molecule has 11 nitrogen and oxygen atoms in total. The number of piperidine rings is 1. The van der Waals surface area contributed by atoms with Crippen LogP contribution in [-0.4, -0.2) is 72.2 Å². The summed E-state index contributed by atoms with van der Waals surface area (Å²) in [4.78, 5) is 39.8. The van der Waals surface area contributed by atoms with E-state index in [1.807, 2.05) is 9.80 Å². The zero-order valence-electron chi connectivity index (χ0n) is 26.2. The van der Waals surface area contributed by atoms with Crippen LogP contribution in [0.5, 0.6) is 5.88 Å². The van der Waals surface area contributed by atoms with E-state index in [0.29, 0.717) is 40.9 Å². The molecule has 2 saturated heterocycles. The van der Waals surface area contributed by atoms with Gasteiger partial charge in [0.1, 0.15) is 36.6 Å². The number of piperazine rings is 1. The van der Waals surface area contributed by atoms with Gasteiger partial charge in [-0.3, -0.25) is 14.3 Å². The smallest absolute Gasteiger partial charge is 0.267 e. The summed E-state index contributed by atoms with van der Waals surface area (Å²) in [6.07, 6.45) is 6.26. The summed E-state index contributed by atoms with van der Waals surface area (Å²) >= 11 is 0. The number of sulfonamides is 1. The maximum absolute atomic E-state index is 14.4. The summed E-state index contributed by atoms with van der Waals surface area (Å²) < 4.78 is 83.8. The van der Waals surface area contributed by atoms with E-state index in [9.17, 15) is 31.2 Å². The van der Waals surface area contributed by atoms with Gasteiger partial charge in [0.25, 0.3) is 10.0 Å². The number of nitrogens with zero attached hydrogens (tertiary/aromatic N) is 5. The number of amides is 1. The lowest BCUT2D eigenvalue weighted by Gasteiger charge is -2.50. The first-order chi connectivity index (χ1) is 22.8. The molecule has 0 radical (unpaired) electrons. The maximum atomic E-state index is 14.4. The van der Waals surface area contributed by atoms with E-state index in [4.69, 9.17) is 6.11 Å². The van der Waals surface area contributed by atoms with Gasteiger partial charge in [-0.1, -0.05) is 6.07 Å². The van der Waals surface area contributed by atoms with E-state index in [1.165, 1.54) is 38.4 Å². The van der Waals surface area contributed by atoms with Gasteiger partial charge in [0.15, 0.2) is 10.7 Å².